The van der Waals surface area contributed by atoms with Crippen molar-refractivity contribution in [2.24, 2.45) is 0 Å². The molecule has 2 aromatic heterocycles. The highest BCUT2D eigenvalue weighted by Crippen LogP contribution is 2.38. The van der Waals surface area contributed by atoms with Gasteiger partial charge in [0.1, 0.15) is 5.82 Å². The molecule has 4 rings (SSSR count). The number of nitrogens with zero attached hydrogens (tertiary/aromatic N) is 3. The summed E-state index contributed by atoms with van der Waals surface area (Å²) in [5.74, 6) is 1.93. The SMILES string of the molecule is Nc1ccc(-c2nc(C3Cc4ccccc43)no2)cn1. The van der Waals surface area contributed by atoms with E-state index in [9.17, 15) is 0 Å². The molecule has 2 heterocycles. The number of fused-ring (bicyclic) bond motifs is 1. The predicted octanol–water partition coefficient (Wildman–Crippen LogP) is 2.40. The number of aromatic nitrogens is 3. The molecular weight excluding hydrogens is 252 g/mol. The van der Waals surface area contributed by atoms with Crippen molar-refractivity contribution in [1.82, 2.24) is 15.1 Å². The van der Waals surface area contributed by atoms with Gasteiger partial charge in [0.15, 0.2) is 5.82 Å². The normalized spacial score (nSPS) is 16.5. The second-order valence-corrected chi connectivity index (χ2v) is 4.88. The van der Waals surface area contributed by atoms with Gasteiger partial charge in [0, 0.05) is 6.20 Å². The van der Waals surface area contributed by atoms with Crippen LogP contribution in [0.2, 0.25) is 0 Å². The van der Waals surface area contributed by atoms with Crippen LogP contribution in [-0.4, -0.2) is 15.1 Å². The molecule has 0 saturated heterocycles. The van der Waals surface area contributed by atoms with E-state index in [1.165, 1.54) is 11.1 Å². The van der Waals surface area contributed by atoms with Crippen LogP contribution in [0.15, 0.2) is 47.1 Å². The molecule has 5 heteroatoms. The first-order valence-electron chi connectivity index (χ1n) is 6.44. The Labute approximate surface area is 115 Å². The molecule has 0 saturated carbocycles. The highest BCUT2D eigenvalue weighted by molar-refractivity contribution is 5.54. The highest BCUT2D eigenvalue weighted by Gasteiger charge is 2.31. The smallest absolute Gasteiger partial charge is 0.259 e. The number of nitrogens with two attached hydrogens (primary N) is 1. The zero-order chi connectivity index (χ0) is 13.5. The first-order valence-corrected chi connectivity index (χ1v) is 6.44. The summed E-state index contributed by atoms with van der Waals surface area (Å²) in [6.45, 7) is 0. The molecule has 1 aliphatic carbocycles. The Bertz CT molecular complexity index is 764. The van der Waals surface area contributed by atoms with Gasteiger partial charge in [-0.2, -0.15) is 4.98 Å². The van der Waals surface area contributed by atoms with E-state index in [1.807, 2.05) is 12.1 Å². The van der Waals surface area contributed by atoms with Crippen molar-refractivity contribution >= 4 is 5.82 Å². The number of pyridine rings is 1. The zero-order valence-corrected chi connectivity index (χ0v) is 10.7. The van der Waals surface area contributed by atoms with E-state index in [0.29, 0.717) is 11.7 Å². The van der Waals surface area contributed by atoms with E-state index in [4.69, 9.17) is 10.3 Å². The average Bonchev–Trinajstić information content (AvgIpc) is 2.90. The van der Waals surface area contributed by atoms with Gasteiger partial charge >= 0.3 is 0 Å². The number of anilines is 1. The zero-order valence-electron chi connectivity index (χ0n) is 10.7. The van der Waals surface area contributed by atoms with Gasteiger partial charge in [-0.05, 0) is 29.7 Å². The Morgan fingerprint density at radius 3 is 2.85 bits per heavy atom. The van der Waals surface area contributed by atoms with Gasteiger partial charge in [-0.25, -0.2) is 4.98 Å². The van der Waals surface area contributed by atoms with Gasteiger partial charge in [-0.3, -0.25) is 0 Å². The van der Waals surface area contributed by atoms with Crippen LogP contribution in [0.5, 0.6) is 0 Å². The molecule has 0 radical (unpaired) electrons. The third-order valence-electron chi connectivity index (χ3n) is 3.64. The van der Waals surface area contributed by atoms with Gasteiger partial charge in [0.2, 0.25) is 0 Å². The lowest BCUT2D eigenvalue weighted by molar-refractivity contribution is 0.416. The average molecular weight is 264 g/mol. The maximum atomic E-state index is 5.56. The molecule has 0 spiro atoms. The fourth-order valence-electron chi connectivity index (χ4n) is 2.51. The van der Waals surface area contributed by atoms with Gasteiger partial charge in [-0.15, -0.1) is 0 Å². The molecule has 3 aromatic rings. The molecule has 1 atom stereocenters. The highest BCUT2D eigenvalue weighted by atomic mass is 16.5. The van der Waals surface area contributed by atoms with Crippen LogP contribution in [0.25, 0.3) is 11.5 Å². The van der Waals surface area contributed by atoms with E-state index in [-0.39, 0.29) is 5.92 Å². The maximum Gasteiger partial charge on any atom is 0.259 e. The van der Waals surface area contributed by atoms with Crippen LogP contribution < -0.4 is 5.73 Å². The Kier molecular flexibility index (Phi) is 2.32. The summed E-state index contributed by atoms with van der Waals surface area (Å²) in [5.41, 5.74) is 8.99. The van der Waals surface area contributed by atoms with Crippen molar-refractivity contribution in [3.8, 4) is 11.5 Å². The lowest BCUT2D eigenvalue weighted by Gasteiger charge is -2.27. The Morgan fingerprint density at radius 1 is 1.15 bits per heavy atom. The summed E-state index contributed by atoms with van der Waals surface area (Å²) in [6.07, 6.45) is 2.61. The molecule has 0 fully saturated rings. The number of hydrogen-bond donors (Lipinski definition) is 1. The largest absolute Gasteiger partial charge is 0.384 e. The predicted molar refractivity (Wildman–Crippen MR) is 73.9 cm³/mol. The first-order chi connectivity index (χ1) is 9.81. The van der Waals surface area contributed by atoms with Crippen molar-refractivity contribution in [3.63, 3.8) is 0 Å². The Hall–Kier alpha value is -2.69. The van der Waals surface area contributed by atoms with Crippen LogP contribution >= 0.6 is 0 Å². The molecule has 20 heavy (non-hydrogen) atoms. The molecule has 5 nitrogen and oxygen atoms in total. The topological polar surface area (TPSA) is 77.8 Å². The maximum absolute atomic E-state index is 5.56. The van der Waals surface area contributed by atoms with Crippen LogP contribution in [0, 0.1) is 0 Å². The van der Waals surface area contributed by atoms with Crippen molar-refractivity contribution in [2.45, 2.75) is 12.3 Å². The van der Waals surface area contributed by atoms with Gasteiger partial charge in [0.05, 0.1) is 11.5 Å². The van der Waals surface area contributed by atoms with Crippen LogP contribution in [-0.2, 0) is 6.42 Å². The second-order valence-electron chi connectivity index (χ2n) is 4.88. The van der Waals surface area contributed by atoms with Gasteiger partial charge < -0.3 is 10.3 Å². The Morgan fingerprint density at radius 2 is 2.05 bits per heavy atom. The summed E-state index contributed by atoms with van der Waals surface area (Å²) < 4.78 is 5.32. The minimum absolute atomic E-state index is 0.241. The minimum atomic E-state index is 0.241. The molecule has 1 aliphatic rings. The quantitative estimate of drug-likeness (QED) is 0.769. The van der Waals surface area contributed by atoms with Crippen molar-refractivity contribution in [1.29, 1.82) is 0 Å². The number of benzene rings is 1. The third-order valence-corrected chi connectivity index (χ3v) is 3.64. The van der Waals surface area contributed by atoms with E-state index in [0.717, 1.165) is 17.8 Å². The van der Waals surface area contributed by atoms with E-state index in [2.05, 4.69) is 33.3 Å². The van der Waals surface area contributed by atoms with Gasteiger partial charge in [-0.1, -0.05) is 29.4 Å². The van der Waals surface area contributed by atoms with Crippen molar-refractivity contribution < 1.29 is 4.52 Å². The molecule has 0 amide bonds. The minimum Gasteiger partial charge on any atom is -0.384 e. The standard InChI is InChI=1S/C15H12N4O/c16-13-6-5-10(8-17-13)15-18-14(19-20-15)12-7-9-3-1-2-4-11(9)12/h1-6,8,12H,7H2,(H2,16,17). The van der Waals surface area contributed by atoms with E-state index < -0.39 is 0 Å². The van der Waals surface area contributed by atoms with Crippen LogP contribution in [0.1, 0.15) is 22.9 Å². The number of nitrogen functional groups attached to an aromatic ring is 1. The lowest BCUT2D eigenvalue weighted by Crippen LogP contribution is -2.19. The summed E-state index contributed by atoms with van der Waals surface area (Å²) in [4.78, 5) is 8.50. The number of hydrogen-bond acceptors (Lipinski definition) is 5. The molecule has 2 N–H and O–H groups in total. The van der Waals surface area contributed by atoms with E-state index >= 15 is 0 Å². The van der Waals surface area contributed by atoms with Crippen molar-refractivity contribution in [2.75, 3.05) is 5.73 Å². The summed E-state index contributed by atoms with van der Waals surface area (Å²) in [5, 5.41) is 4.09. The summed E-state index contributed by atoms with van der Waals surface area (Å²) in [6, 6.07) is 11.9. The molecule has 98 valence electrons. The monoisotopic (exact) mass is 264 g/mol. The molecule has 0 aliphatic heterocycles. The molecular formula is C15H12N4O. The van der Waals surface area contributed by atoms with E-state index in [1.54, 1.807) is 12.3 Å². The summed E-state index contributed by atoms with van der Waals surface area (Å²) >= 11 is 0. The first kappa shape index (κ1) is 11.2. The molecule has 1 unspecified atom stereocenters. The second kappa shape index (κ2) is 4.16. The fraction of sp³-hybridized carbons (Fsp3) is 0.133. The van der Waals surface area contributed by atoms with Crippen LogP contribution in [0.3, 0.4) is 0 Å². The molecule has 1 aromatic carbocycles. The fourth-order valence-corrected chi connectivity index (χ4v) is 2.51. The van der Waals surface area contributed by atoms with Gasteiger partial charge in [0.25, 0.3) is 5.89 Å². The molecule has 0 bridgehead atoms. The third kappa shape index (κ3) is 1.67. The Balaban J connectivity index is 1.65. The van der Waals surface area contributed by atoms with Crippen LogP contribution in [0.4, 0.5) is 5.82 Å². The summed E-state index contributed by atoms with van der Waals surface area (Å²) in [7, 11) is 0. The lowest BCUT2D eigenvalue weighted by atomic mass is 9.77. The number of rotatable bonds is 2. The van der Waals surface area contributed by atoms with Crippen molar-refractivity contribution in [3.05, 3.63) is 59.5 Å².